The predicted molar refractivity (Wildman–Crippen MR) is 57.9 cm³/mol. The van der Waals surface area contributed by atoms with E-state index < -0.39 is 0 Å². The number of rotatable bonds is 1. The summed E-state index contributed by atoms with van der Waals surface area (Å²) in [7, 11) is 0. The molecular formula is C9H10ClN3O2. The lowest BCUT2D eigenvalue weighted by molar-refractivity contribution is -0.111. The number of fused-ring (bicyclic) bond motifs is 1. The van der Waals surface area contributed by atoms with E-state index in [0.29, 0.717) is 12.1 Å². The van der Waals surface area contributed by atoms with Crippen LogP contribution in [-0.2, 0) is 4.79 Å². The van der Waals surface area contributed by atoms with Crippen LogP contribution < -0.4 is 5.69 Å². The molecule has 0 saturated carbocycles. The highest BCUT2D eigenvalue weighted by Gasteiger charge is 1.93. The summed E-state index contributed by atoms with van der Waals surface area (Å²) < 4.78 is 0. The van der Waals surface area contributed by atoms with Crippen LogP contribution >= 0.6 is 11.6 Å². The van der Waals surface area contributed by atoms with Gasteiger partial charge < -0.3 is 4.98 Å². The van der Waals surface area contributed by atoms with E-state index in [9.17, 15) is 9.59 Å². The fourth-order valence-corrected chi connectivity index (χ4v) is 0.867. The molecule has 0 fully saturated rings. The molecular weight excluding hydrogens is 218 g/mol. The summed E-state index contributed by atoms with van der Waals surface area (Å²) in [6, 6.07) is 3.56. The summed E-state index contributed by atoms with van der Waals surface area (Å²) in [6.07, 6.45) is 2.06. The van der Waals surface area contributed by atoms with Gasteiger partial charge in [0.1, 0.15) is 0 Å². The lowest BCUT2D eigenvalue weighted by atomic mass is 10.4. The third-order valence-corrected chi connectivity index (χ3v) is 1.83. The van der Waals surface area contributed by atoms with Crippen molar-refractivity contribution < 1.29 is 4.79 Å². The average Bonchev–Trinajstić information content (AvgIpc) is 2.58. The van der Waals surface area contributed by atoms with E-state index in [1.54, 1.807) is 25.3 Å². The Bertz CT molecular complexity index is 467. The molecule has 2 aromatic heterocycles. The van der Waals surface area contributed by atoms with Crippen molar-refractivity contribution in [3.05, 3.63) is 28.8 Å². The SMILES string of the molecule is CCC(=O)Cl.O=c1[nH]c2cccnc2[nH]1. The van der Waals surface area contributed by atoms with Gasteiger partial charge in [0.2, 0.25) is 5.24 Å². The molecule has 0 aromatic carbocycles. The molecule has 0 unspecified atom stereocenters. The van der Waals surface area contributed by atoms with Gasteiger partial charge in [-0.2, -0.15) is 0 Å². The second kappa shape index (κ2) is 5.31. The molecule has 0 atom stereocenters. The number of carbonyl (C=O) groups excluding carboxylic acids is 1. The molecule has 0 aliphatic carbocycles. The summed E-state index contributed by atoms with van der Waals surface area (Å²) in [6.45, 7) is 1.72. The van der Waals surface area contributed by atoms with Crippen LogP contribution in [0.25, 0.3) is 11.2 Å². The normalized spacial score (nSPS) is 9.47. The molecule has 2 aromatic rings. The highest BCUT2D eigenvalue weighted by Crippen LogP contribution is 1.98. The van der Waals surface area contributed by atoms with Gasteiger partial charge in [0, 0.05) is 12.6 Å². The minimum absolute atomic E-state index is 0.214. The molecule has 0 aliphatic rings. The fourth-order valence-electron chi connectivity index (χ4n) is 0.867. The number of hydrogen-bond acceptors (Lipinski definition) is 3. The second-order valence-electron chi connectivity index (χ2n) is 2.69. The van der Waals surface area contributed by atoms with E-state index in [1.165, 1.54) is 0 Å². The van der Waals surface area contributed by atoms with E-state index in [0.717, 1.165) is 5.52 Å². The van der Waals surface area contributed by atoms with Gasteiger partial charge in [-0.15, -0.1) is 0 Å². The van der Waals surface area contributed by atoms with Crippen LogP contribution in [0.5, 0.6) is 0 Å². The summed E-state index contributed by atoms with van der Waals surface area (Å²) in [5.41, 5.74) is 1.13. The second-order valence-corrected chi connectivity index (χ2v) is 3.11. The fraction of sp³-hybridized carbons (Fsp3) is 0.222. The Morgan fingerprint density at radius 3 is 2.73 bits per heavy atom. The van der Waals surface area contributed by atoms with Crippen LogP contribution in [0.1, 0.15) is 13.3 Å². The molecule has 6 heteroatoms. The number of halogens is 1. The maximum Gasteiger partial charge on any atom is 0.325 e. The van der Waals surface area contributed by atoms with Crippen molar-refractivity contribution in [1.82, 2.24) is 15.0 Å². The number of nitrogens with zero attached hydrogens (tertiary/aromatic N) is 1. The number of hydrogen-bond donors (Lipinski definition) is 2. The zero-order valence-electron chi connectivity index (χ0n) is 8.08. The van der Waals surface area contributed by atoms with Crippen molar-refractivity contribution in [2.75, 3.05) is 0 Å². The number of H-pyrrole nitrogens is 2. The van der Waals surface area contributed by atoms with E-state index in [-0.39, 0.29) is 10.9 Å². The Labute approximate surface area is 90.5 Å². The van der Waals surface area contributed by atoms with E-state index in [4.69, 9.17) is 11.6 Å². The molecule has 5 nitrogen and oxygen atoms in total. The first kappa shape index (κ1) is 11.5. The third kappa shape index (κ3) is 3.55. The Morgan fingerprint density at radius 2 is 2.20 bits per heavy atom. The van der Waals surface area contributed by atoms with Crippen molar-refractivity contribution in [1.29, 1.82) is 0 Å². The molecule has 0 saturated heterocycles. The lowest BCUT2D eigenvalue weighted by Gasteiger charge is -1.81. The number of pyridine rings is 1. The van der Waals surface area contributed by atoms with Crippen LogP contribution in [0, 0.1) is 0 Å². The smallest absolute Gasteiger partial charge is 0.304 e. The highest BCUT2D eigenvalue weighted by molar-refractivity contribution is 6.63. The van der Waals surface area contributed by atoms with Gasteiger partial charge in [0.15, 0.2) is 5.65 Å². The summed E-state index contributed by atoms with van der Waals surface area (Å²) in [5.74, 6) is 0. The van der Waals surface area contributed by atoms with Crippen molar-refractivity contribution in [3.8, 4) is 0 Å². The molecule has 0 radical (unpaired) electrons. The Balaban J connectivity index is 0.000000195. The molecule has 0 aliphatic heterocycles. The highest BCUT2D eigenvalue weighted by atomic mass is 35.5. The van der Waals surface area contributed by atoms with E-state index >= 15 is 0 Å². The number of nitrogens with one attached hydrogen (secondary N) is 2. The molecule has 0 amide bonds. The minimum Gasteiger partial charge on any atom is -0.304 e. The van der Waals surface area contributed by atoms with Gasteiger partial charge >= 0.3 is 5.69 Å². The quantitative estimate of drug-likeness (QED) is 0.723. The zero-order chi connectivity index (χ0) is 11.3. The van der Waals surface area contributed by atoms with Crippen LogP contribution in [0.2, 0.25) is 0 Å². The minimum atomic E-state index is -0.273. The first-order valence-corrected chi connectivity index (χ1v) is 4.72. The van der Waals surface area contributed by atoms with Crippen LogP contribution in [0.3, 0.4) is 0 Å². The third-order valence-electron chi connectivity index (χ3n) is 1.57. The Hall–Kier alpha value is -1.62. The van der Waals surface area contributed by atoms with Crippen LogP contribution in [-0.4, -0.2) is 20.2 Å². The molecule has 0 spiro atoms. The van der Waals surface area contributed by atoms with Gasteiger partial charge in [-0.1, -0.05) is 6.92 Å². The largest absolute Gasteiger partial charge is 0.325 e. The first-order chi connectivity index (χ1) is 7.13. The van der Waals surface area contributed by atoms with Crippen molar-refractivity contribution in [2.24, 2.45) is 0 Å². The Morgan fingerprint density at radius 1 is 1.53 bits per heavy atom. The molecule has 2 heterocycles. The lowest BCUT2D eigenvalue weighted by Crippen LogP contribution is -1.99. The number of aromatic amines is 2. The maximum absolute atomic E-state index is 10.6. The molecule has 15 heavy (non-hydrogen) atoms. The first-order valence-electron chi connectivity index (χ1n) is 4.35. The predicted octanol–water partition coefficient (Wildman–Crippen LogP) is 1.41. The van der Waals surface area contributed by atoms with E-state index in [2.05, 4.69) is 15.0 Å². The number of aromatic nitrogens is 3. The van der Waals surface area contributed by atoms with Crippen molar-refractivity contribution in [2.45, 2.75) is 13.3 Å². The van der Waals surface area contributed by atoms with Crippen molar-refractivity contribution in [3.63, 3.8) is 0 Å². The monoisotopic (exact) mass is 227 g/mol. The molecule has 2 N–H and O–H groups in total. The number of carbonyl (C=O) groups is 1. The number of imidazole rings is 1. The summed E-state index contributed by atoms with van der Waals surface area (Å²) >= 11 is 4.82. The van der Waals surface area contributed by atoms with Crippen LogP contribution in [0.15, 0.2) is 23.1 Å². The molecule has 2 rings (SSSR count). The molecule has 80 valence electrons. The Kier molecular flexibility index (Phi) is 4.05. The van der Waals surface area contributed by atoms with Gasteiger partial charge in [0.25, 0.3) is 0 Å². The topological polar surface area (TPSA) is 78.6 Å². The van der Waals surface area contributed by atoms with E-state index in [1.807, 2.05) is 0 Å². The molecule has 0 bridgehead atoms. The summed E-state index contributed by atoms with van der Waals surface area (Å²) in [5, 5.41) is -0.273. The maximum atomic E-state index is 10.6. The van der Waals surface area contributed by atoms with Gasteiger partial charge in [-0.3, -0.25) is 9.78 Å². The summed E-state index contributed by atoms with van der Waals surface area (Å²) in [4.78, 5) is 29.3. The van der Waals surface area contributed by atoms with Gasteiger partial charge in [-0.05, 0) is 23.7 Å². The van der Waals surface area contributed by atoms with Gasteiger partial charge in [-0.25, -0.2) is 9.78 Å². The van der Waals surface area contributed by atoms with Crippen LogP contribution in [0.4, 0.5) is 0 Å². The van der Waals surface area contributed by atoms with Gasteiger partial charge in [0.05, 0.1) is 5.52 Å². The zero-order valence-corrected chi connectivity index (χ0v) is 8.84. The average molecular weight is 228 g/mol. The standard InChI is InChI=1S/C6H5N3O.C3H5ClO/c10-6-8-4-2-1-3-7-5(4)9-6;1-2-3(4)5/h1-3H,(H2,7,8,9,10);2H2,1H3. The van der Waals surface area contributed by atoms with Crippen molar-refractivity contribution >= 4 is 28.0 Å².